The number of carbonyl (C=O) groups excluding carboxylic acids is 1. The minimum absolute atomic E-state index is 0.0303. The highest BCUT2D eigenvalue weighted by Gasteiger charge is 2.35. The van der Waals surface area contributed by atoms with E-state index in [0.29, 0.717) is 18.8 Å². The zero-order chi connectivity index (χ0) is 19.8. The molecular formula is C20H22BrNO4S. The second-order valence-electron chi connectivity index (χ2n) is 7.67. The SMILES string of the molecule is CC(C)(C)C(=O)OC1=CC=C2CN(S(=O)(=O)c3ccc(Br)cc3)C[C@@H]2C=C1. The molecule has 0 saturated carbocycles. The van der Waals surface area contributed by atoms with Gasteiger partial charge in [-0.1, -0.05) is 28.1 Å². The molecule has 0 amide bonds. The van der Waals surface area contributed by atoms with Crippen LogP contribution in [-0.4, -0.2) is 31.8 Å². The van der Waals surface area contributed by atoms with E-state index in [-0.39, 0.29) is 16.8 Å². The molecule has 1 aliphatic heterocycles. The van der Waals surface area contributed by atoms with Crippen LogP contribution in [0, 0.1) is 11.3 Å². The minimum Gasteiger partial charge on any atom is -0.426 e. The van der Waals surface area contributed by atoms with E-state index in [4.69, 9.17) is 4.74 Å². The van der Waals surface area contributed by atoms with E-state index in [1.165, 1.54) is 4.31 Å². The molecule has 1 aromatic rings. The van der Waals surface area contributed by atoms with Crippen LogP contribution in [0.3, 0.4) is 0 Å². The molecule has 0 aromatic heterocycles. The van der Waals surface area contributed by atoms with Crippen LogP contribution in [0.4, 0.5) is 0 Å². The Balaban J connectivity index is 1.77. The normalized spacial score (nSPS) is 20.5. The van der Waals surface area contributed by atoms with Gasteiger partial charge in [0.1, 0.15) is 5.76 Å². The van der Waals surface area contributed by atoms with Gasteiger partial charge in [0.05, 0.1) is 10.3 Å². The van der Waals surface area contributed by atoms with Crippen LogP contribution in [0.1, 0.15) is 20.8 Å². The number of fused-ring (bicyclic) bond motifs is 1. The highest BCUT2D eigenvalue weighted by Crippen LogP contribution is 2.32. The second kappa shape index (κ2) is 7.37. The van der Waals surface area contributed by atoms with Crippen LogP contribution in [0.5, 0.6) is 0 Å². The molecule has 0 N–H and O–H groups in total. The first-order valence-electron chi connectivity index (χ1n) is 8.64. The zero-order valence-corrected chi connectivity index (χ0v) is 17.9. The highest BCUT2D eigenvalue weighted by molar-refractivity contribution is 9.10. The van der Waals surface area contributed by atoms with Crippen molar-refractivity contribution in [2.24, 2.45) is 11.3 Å². The molecular weight excluding hydrogens is 430 g/mol. The van der Waals surface area contributed by atoms with Gasteiger partial charge in [-0.15, -0.1) is 0 Å². The lowest BCUT2D eigenvalue weighted by atomic mass is 9.97. The largest absolute Gasteiger partial charge is 0.426 e. The quantitative estimate of drug-likeness (QED) is 0.650. The van der Waals surface area contributed by atoms with Gasteiger partial charge < -0.3 is 4.74 Å². The van der Waals surface area contributed by atoms with Crippen LogP contribution < -0.4 is 0 Å². The Morgan fingerprint density at radius 2 is 1.85 bits per heavy atom. The Bertz CT molecular complexity index is 937. The maximum Gasteiger partial charge on any atom is 0.316 e. The zero-order valence-electron chi connectivity index (χ0n) is 15.5. The summed E-state index contributed by atoms with van der Waals surface area (Å²) in [4.78, 5) is 12.3. The Hall–Kier alpha value is -1.70. The topological polar surface area (TPSA) is 63.7 Å². The first-order valence-corrected chi connectivity index (χ1v) is 10.9. The van der Waals surface area contributed by atoms with Crippen molar-refractivity contribution in [1.29, 1.82) is 0 Å². The molecule has 1 aliphatic carbocycles. The molecule has 7 heteroatoms. The molecule has 1 heterocycles. The van der Waals surface area contributed by atoms with Crippen molar-refractivity contribution < 1.29 is 17.9 Å². The summed E-state index contributed by atoms with van der Waals surface area (Å²) in [6.07, 6.45) is 7.23. The number of hydrogen-bond donors (Lipinski definition) is 0. The van der Waals surface area contributed by atoms with Gasteiger partial charge in [0.2, 0.25) is 10.0 Å². The van der Waals surface area contributed by atoms with Crippen molar-refractivity contribution in [2.45, 2.75) is 25.7 Å². The Kier molecular flexibility index (Phi) is 5.47. The monoisotopic (exact) mass is 451 g/mol. The third kappa shape index (κ3) is 4.42. The van der Waals surface area contributed by atoms with Crippen LogP contribution in [0.15, 0.2) is 69.3 Å². The first-order chi connectivity index (χ1) is 12.6. The van der Waals surface area contributed by atoms with Gasteiger partial charge in [0, 0.05) is 23.5 Å². The van der Waals surface area contributed by atoms with Crippen molar-refractivity contribution in [3.8, 4) is 0 Å². The van der Waals surface area contributed by atoms with E-state index >= 15 is 0 Å². The van der Waals surface area contributed by atoms with Crippen molar-refractivity contribution >= 4 is 31.9 Å². The number of benzene rings is 1. The predicted molar refractivity (Wildman–Crippen MR) is 107 cm³/mol. The number of nitrogens with zero attached hydrogens (tertiary/aromatic N) is 1. The lowest BCUT2D eigenvalue weighted by molar-refractivity contribution is -0.147. The Morgan fingerprint density at radius 1 is 1.19 bits per heavy atom. The molecule has 1 saturated heterocycles. The second-order valence-corrected chi connectivity index (χ2v) is 10.5. The molecule has 5 nitrogen and oxygen atoms in total. The maximum absolute atomic E-state index is 12.9. The minimum atomic E-state index is -3.55. The summed E-state index contributed by atoms with van der Waals surface area (Å²) in [5.74, 6) is 0.139. The molecule has 27 heavy (non-hydrogen) atoms. The van der Waals surface area contributed by atoms with E-state index in [1.807, 2.05) is 12.2 Å². The van der Waals surface area contributed by atoms with Gasteiger partial charge in [-0.3, -0.25) is 4.79 Å². The molecule has 0 bridgehead atoms. The molecule has 0 unspecified atom stereocenters. The summed E-state index contributed by atoms with van der Waals surface area (Å²) in [6.45, 7) is 6.09. The van der Waals surface area contributed by atoms with Gasteiger partial charge in [-0.05, 0) is 62.8 Å². The summed E-state index contributed by atoms with van der Waals surface area (Å²) in [6, 6.07) is 6.64. The van der Waals surface area contributed by atoms with Crippen molar-refractivity contribution in [3.05, 3.63) is 64.4 Å². The molecule has 0 radical (unpaired) electrons. The molecule has 0 spiro atoms. The van der Waals surface area contributed by atoms with Crippen LogP contribution in [0.25, 0.3) is 0 Å². The fourth-order valence-corrected chi connectivity index (χ4v) is 4.52. The van der Waals surface area contributed by atoms with E-state index in [2.05, 4.69) is 15.9 Å². The summed E-state index contributed by atoms with van der Waals surface area (Å²) < 4.78 is 33.5. The number of carbonyl (C=O) groups is 1. The standard InChI is InChI=1S/C20H22BrNO4S/c1-20(2,3)19(23)26-17-8-4-14-12-22(13-15(14)5-9-17)27(24,25)18-10-6-16(21)7-11-18/h4-11,14H,12-13H2,1-3H3/t14-/m0/s1. The molecule has 3 rings (SSSR count). The number of hydrogen-bond acceptors (Lipinski definition) is 4. The molecule has 1 fully saturated rings. The van der Waals surface area contributed by atoms with Gasteiger partial charge in [-0.2, -0.15) is 4.31 Å². The summed E-state index contributed by atoms with van der Waals surface area (Å²) in [7, 11) is -3.55. The summed E-state index contributed by atoms with van der Waals surface area (Å²) >= 11 is 3.32. The van der Waals surface area contributed by atoms with Crippen molar-refractivity contribution in [3.63, 3.8) is 0 Å². The van der Waals surface area contributed by atoms with Crippen molar-refractivity contribution in [2.75, 3.05) is 13.1 Å². The van der Waals surface area contributed by atoms with Gasteiger partial charge in [0.25, 0.3) is 0 Å². The lowest BCUT2D eigenvalue weighted by Crippen LogP contribution is -2.28. The Morgan fingerprint density at radius 3 is 2.48 bits per heavy atom. The fourth-order valence-electron chi connectivity index (χ4n) is 2.81. The Labute approximate surface area is 168 Å². The molecule has 144 valence electrons. The van der Waals surface area contributed by atoms with E-state index in [9.17, 15) is 13.2 Å². The average Bonchev–Trinajstić information content (AvgIpc) is 2.92. The summed E-state index contributed by atoms with van der Waals surface area (Å²) in [5.41, 5.74) is 0.397. The molecule has 2 aliphatic rings. The number of allylic oxidation sites excluding steroid dienone is 3. The van der Waals surface area contributed by atoms with E-state index in [1.54, 1.807) is 57.2 Å². The van der Waals surface area contributed by atoms with Gasteiger partial charge >= 0.3 is 5.97 Å². The first kappa shape index (κ1) is 20.0. The number of esters is 1. The average molecular weight is 452 g/mol. The van der Waals surface area contributed by atoms with Crippen molar-refractivity contribution in [1.82, 2.24) is 4.31 Å². The van der Waals surface area contributed by atoms with Crippen LogP contribution in [-0.2, 0) is 19.6 Å². The number of rotatable bonds is 3. The molecule has 1 aromatic carbocycles. The lowest BCUT2D eigenvalue weighted by Gasteiger charge is -2.17. The smallest absolute Gasteiger partial charge is 0.316 e. The van der Waals surface area contributed by atoms with Crippen LogP contribution >= 0.6 is 15.9 Å². The molecule has 1 atom stereocenters. The third-order valence-corrected chi connectivity index (χ3v) is 6.82. The number of halogens is 1. The third-order valence-electron chi connectivity index (χ3n) is 4.46. The van der Waals surface area contributed by atoms with Gasteiger partial charge in [0.15, 0.2) is 0 Å². The predicted octanol–water partition coefficient (Wildman–Crippen LogP) is 4.04. The maximum atomic E-state index is 12.9. The number of sulfonamides is 1. The van der Waals surface area contributed by atoms with E-state index < -0.39 is 15.4 Å². The van der Waals surface area contributed by atoms with E-state index in [0.717, 1.165) is 10.0 Å². The number of ether oxygens (including phenoxy) is 1. The fraction of sp³-hybridized carbons (Fsp3) is 0.350. The van der Waals surface area contributed by atoms with Gasteiger partial charge in [-0.25, -0.2) is 8.42 Å². The van der Waals surface area contributed by atoms with Crippen LogP contribution in [0.2, 0.25) is 0 Å². The highest BCUT2D eigenvalue weighted by atomic mass is 79.9. The summed E-state index contributed by atoms with van der Waals surface area (Å²) in [5, 5.41) is 0.